The molecule has 0 fully saturated rings. The van der Waals surface area contributed by atoms with E-state index in [0.717, 1.165) is 6.42 Å². The van der Waals surface area contributed by atoms with Gasteiger partial charge in [0.15, 0.2) is 0 Å². The predicted molar refractivity (Wildman–Crippen MR) is 26.2 cm³/mol. The Morgan fingerprint density at radius 3 is 2.00 bits per heavy atom. The van der Waals surface area contributed by atoms with Crippen LogP contribution in [-0.2, 0) is 0 Å². The van der Waals surface area contributed by atoms with Crippen LogP contribution in [0, 0.1) is 11.5 Å². The Morgan fingerprint density at radius 1 is 1.67 bits per heavy atom. The van der Waals surface area contributed by atoms with E-state index in [1.54, 1.807) is 0 Å². The van der Waals surface area contributed by atoms with E-state index in [9.17, 15) is 0 Å². The highest BCUT2D eigenvalue weighted by Gasteiger charge is 2.17. The third-order valence-electron chi connectivity index (χ3n) is 1.05. The summed E-state index contributed by atoms with van der Waals surface area (Å²) in [6, 6.07) is 0. The van der Waals surface area contributed by atoms with Crippen LogP contribution in [0.2, 0.25) is 0 Å². The summed E-state index contributed by atoms with van der Waals surface area (Å²) >= 11 is 0. The lowest BCUT2D eigenvalue weighted by Gasteiger charge is -2.24. The van der Waals surface area contributed by atoms with Crippen LogP contribution in [0.4, 0.5) is 0 Å². The second-order valence-electron chi connectivity index (χ2n) is 2.51. The molecule has 33 valence electrons. The second kappa shape index (κ2) is 0.868. The van der Waals surface area contributed by atoms with Gasteiger partial charge in [-0.25, -0.2) is 0 Å². The van der Waals surface area contributed by atoms with Gasteiger partial charge in [0.2, 0.25) is 0 Å². The lowest BCUT2D eigenvalue weighted by molar-refractivity contribution is 0.430. The van der Waals surface area contributed by atoms with Crippen LogP contribution < -0.4 is 0 Å². The van der Waals surface area contributed by atoms with E-state index in [2.05, 4.69) is 26.0 Å². The molecule has 0 saturated heterocycles. The quantitative estimate of drug-likeness (QED) is 0.417. The van der Waals surface area contributed by atoms with Crippen molar-refractivity contribution in [2.75, 3.05) is 0 Å². The normalized spacial score (nSPS) is 26.3. The van der Waals surface area contributed by atoms with Gasteiger partial charge in [-0.3, -0.25) is 0 Å². The van der Waals surface area contributed by atoms with Gasteiger partial charge in [-0.15, -0.1) is 0 Å². The van der Waals surface area contributed by atoms with Crippen molar-refractivity contribution >= 4 is 0 Å². The van der Waals surface area contributed by atoms with Crippen molar-refractivity contribution in [3.63, 3.8) is 0 Å². The van der Waals surface area contributed by atoms with E-state index >= 15 is 0 Å². The summed E-state index contributed by atoms with van der Waals surface area (Å²) in [4.78, 5) is 0. The molecule has 0 heterocycles. The molecule has 1 rings (SSSR count). The molecule has 0 aromatic carbocycles. The zero-order valence-electron chi connectivity index (χ0n) is 4.28. The molecule has 0 N–H and O–H groups in total. The van der Waals surface area contributed by atoms with Crippen LogP contribution in [0.3, 0.4) is 0 Å². The number of hydrogen-bond acceptors (Lipinski definition) is 0. The fourth-order valence-electron chi connectivity index (χ4n) is 0.510. The summed E-state index contributed by atoms with van der Waals surface area (Å²) in [5.41, 5.74) is 0.486. The maximum atomic E-state index is 3.08. The van der Waals surface area contributed by atoms with E-state index in [4.69, 9.17) is 0 Å². The minimum absolute atomic E-state index is 0.486. The largest absolute Gasteiger partial charge is 0.0750 e. The fraction of sp³-hybridized carbons (Fsp3) is 0.667. The first-order valence-electron chi connectivity index (χ1n) is 2.28. The van der Waals surface area contributed by atoms with Gasteiger partial charge in [-0.2, -0.15) is 0 Å². The third-order valence-corrected chi connectivity index (χ3v) is 1.05. The van der Waals surface area contributed by atoms with Crippen molar-refractivity contribution in [2.24, 2.45) is 5.41 Å². The molecule has 0 aromatic rings. The topological polar surface area (TPSA) is 0 Å². The van der Waals surface area contributed by atoms with Crippen molar-refractivity contribution in [1.82, 2.24) is 0 Å². The van der Waals surface area contributed by atoms with Crippen LogP contribution in [-0.4, -0.2) is 0 Å². The Bertz CT molecular complexity index is 78.0. The molecule has 1 aliphatic carbocycles. The van der Waals surface area contributed by atoms with Gasteiger partial charge in [-0.1, -0.05) is 19.9 Å². The molecule has 6 heavy (non-hydrogen) atoms. The van der Waals surface area contributed by atoms with Crippen LogP contribution in [0.1, 0.15) is 20.3 Å². The predicted octanol–water partition coefficient (Wildman–Crippen LogP) is 1.78. The molecule has 0 unspecified atom stereocenters. The Labute approximate surface area is 38.9 Å². The molecule has 0 atom stereocenters. The monoisotopic (exact) mass is 81.1 g/mol. The van der Waals surface area contributed by atoms with Crippen molar-refractivity contribution in [1.29, 1.82) is 0 Å². The number of allylic oxidation sites excluding steroid dienone is 2. The SMILES string of the molecule is CC1(C)C=[C]C1. The summed E-state index contributed by atoms with van der Waals surface area (Å²) in [6.07, 6.45) is 6.34. The molecule has 0 nitrogen and oxygen atoms in total. The summed E-state index contributed by atoms with van der Waals surface area (Å²) in [5, 5.41) is 0. The zero-order valence-corrected chi connectivity index (χ0v) is 4.28. The van der Waals surface area contributed by atoms with Gasteiger partial charge >= 0.3 is 0 Å². The molecule has 0 saturated carbocycles. The first-order chi connectivity index (χ1) is 2.71. The van der Waals surface area contributed by atoms with Crippen molar-refractivity contribution in [3.8, 4) is 0 Å². The molecule has 1 radical (unpaired) electrons. The molecule has 0 amide bonds. The van der Waals surface area contributed by atoms with Crippen LogP contribution >= 0.6 is 0 Å². The van der Waals surface area contributed by atoms with Crippen LogP contribution in [0.15, 0.2) is 6.08 Å². The first-order valence-corrected chi connectivity index (χ1v) is 2.28. The van der Waals surface area contributed by atoms with Crippen molar-refractivity contribution in [3.05, 3.63) is 12.2 Å². The maximum Gasteiger partial charge on any atom is -0.0129 e. The fourth-order valence-corrected chi connectivity index (χ4v) is 0.510. The molecule has 1 aliphatic rings. The van der Waals surface area contributed by atoms with E-state index < -0.39 is 0 Å². The minimum atomic E-state index is 0.486. The van der Waals surface area contributed by atoms with Crippen LogP contribution in [0.25, 0.3) is 0 Å². The highest BCUT2D eigenvalue weighted by Crippen LogP contribution is 2.29. The Balaban J connectivity index is 2.57. The molecule has 0 spiro atoms. The smallest absolute Gasteiger partial charge is 0.0129 e. The summed E-state index contributed by atoms with van der Waals surface area (Å²) in [5.74, 6) is 0. The summed E-state index contributed by atoms with van der Waals surface area (Å²) < 4.78 is 0. The third kappa shape index (κ3) is 0.469. The number of rotatable bonds is 0. The van der Waals surface area contributed by atoms with E-state index in [0.29, 0.717) is 5.41 Å². The zero-order chi connectivity index (χ0) is 4.62. The average Bonchev–Trinajstić information content (AvgIpc) is 1.32. The molecule has 0 bridgehead atoms. The van der Waals surface area contributed by atoms with Gasteiger partial charge in [-0.05, 0) is 17.9 Å². The molecule has 0 aliphatic heterocycles. The van der Waals surface area contributed by atoms with Crippen molar-refractivity contribution < 1.29 is 0 Å². The minimum Gasteiger partial charge on any atom is -0.0750 e. The van der Waals surface area contributed by atoms with Gasteiger partial charge in [0.25, 0.3) is 0 Å². The first kappa shape index (κ1) is 3.91. The Hall–Kier alpha value is -0.260. The van der Waals surface area contributed by atoms with Gasteiger partial charge < -0.3 is 0 Å². The second-order valence-corrected chi connectivity index (χ2v) is 2.51. The Morgan fingerprint density at radius 2 is 2.00 bits per heavy atom. The maximum absolute atomic E-state index is 3.08. The molecular weight excluding hydrogens is 72.1 g/mol. The lowest BCUT2D eigenvalue weighted by Crippen LogP contribution is -2.12. The highest BCUT2D eigenvalue weighted by molar-refractivity contribution is 5.02. The summed E-state index contributed by atoms with van der Waals surface area (Å²) in [7, 11) is 0. The summed E-state index contributed by atoms with van der Waals surface area (Å²) in [6.45, 7) is 4.42. The standard InChI is InChI=1S/C6H9/c1-6(2)4-3-5-6/h4H,5H2,1-2H3. The van der Waals surface area contributed by atoms with Gasteiger partial charge in [0.05, 0.1) is 0 Å². The van der Waals surface area contributed by atoms with E-state index in [1.807, 2.05) is 0 Å². The van der Waals surface area contributed by atoms with E-state index in [1.165, 1.54) is 0 Å². The molecule has 0 aromatic heterocycles. The lowest BCUT2D eigenvalue weighted by atomic mass is 9.81. The van der Waals surface area contributed by atoms with Gasteiger partial charge in [0, 0.05) is 0 Å². The highest BCUT2D eigenvalue weighted by atomic mass is 14.2. The van der Waals surface area contributed by atoms with Gasteiger partial charge in [0.1, 0.15) is 0 Å². The van der Waals surface area contributed by atoms with Crippen LogP contribution in [0.5, 0.6) is 0 Å². The molecule has 0 heteroatoms. The Kier molecular flexibility index (Phi) is 0.566. The molecular formula is C6H9. The van der Waals surface area contributed by atoms with Crippen molar-refractivity contribution in [2.45, 2.75) is 20.3 Å². The van der Waals surface area contributed by atoms with E-state index in [-0.39, 0.29) is 0 Å². The number of hydrogen-bond donors (Lipinski definition) is 0. The average molecular weight is 81.1 g/mol.